The third-order valence-corrected chi connectivity index (χ3v) is 4.40. The molecule has 1 aliphatic heterocycles. The molecule has 0 saturated heterocycles. The third-order valence-electron chi connectivity index (χ3n) is 3.41. The summed E-state index contributed by atoms with van der Waals surface area (Å²) in [6.45, 7) is 2.84. The van der Waals surface area contributed by atoms with Crippen LogP contribution < -0.4 is 14.8 Å². The fraction of sp³-hybridized carbons (Fsp3) is 0.500. The Morgan fingerprint density at radius 3 is 2.75 bits per heavy atom. The Hall–Kier alpha value is -1.40. The number of ether oxygens (including phenoxy) is 2. The predicted molar refractivity (Wildman–Crippen MR) is 77.9 cm³/mol. The van der Waals surface area contributed by atoms with Gasteiger partial charge in [0.2, 0.25) is 0 Å². The number of likely N-dealkylation sites (N-methyl/N-ethyl adjacent to an activating group) is 1. The minimum absolute atomic E-state index is 0.540. The normalized spacial score (nSPS) is 16.5. The summed E-state index contributed by atoms with van der Waals surface area (Å²) in [5.41, 5.74) is -0.888. The Balaban J connectivity index is 1.93. The van der Waals surface area contributed by atoms with Gasteiger partial charge in [-0.2, -0.15) is 0 Å². The zero-order chi connectivity index (χ0) is 14.6. The molecule has 1 aromatic carbocycles. The molecule has 2 N–H and O–H groups in total. The molecule has 1 aromatic rings. The number of carboxylic acids is 1. The summed E-state index contributed by atoms with van der Waals surface area (Å²) in [6.07, 6.45) is 0.540. The van der Waals surface area contributed by atoms with Crippen LogP contribution >= 0.6 is 11.8 Å². The van der Waals surface area contributed by atoms with Gasteiger partial charge in [-0.1, -0.05) is 0 Å². The number of hydrogen-bond donors (Lipinski definition) is 2. The quantitative estimate of drug-likeness (QED) is 0.783. The number of nitrogens with one attached hydrogen (secondary N) is 1. The Morgan fingerprint density at radius 2 is 2.10 bits per heavy atom. The number of carboxylic acid groups (broad SMARTS) is 1. The van der Waals surface area contributed by atoms with Crippen LogP contribution in [0.15, 0.2) is 23.1 Å². The summed E-state index contributed by atoms with van der Waals surface area (Å²) in [4.78, 5) is 12.2. The summed E-state index contributed by atoms with van der Waals surface area (Å²) < 4.78 is 11.0. The lowest BCUT2D eigenvalue weighted by Gasteiger charge is -2.24. The van der Waals surface area contributed by atoms with Crippen molar-refractivity contribution in [1.82, 2.24) is 5.32 Å². The van der Waals surface area contributed by atoms with Crippen LogP contribution in [0.2, 0.25) is 0 Å². The first-order chi connectivity index (χ1) is 9.55. The van der Waals surface area contributed by atoms with Crippen LogP contribution in [0.5, 0.6) is 11.5 Å². The first-order valence-electron chi connectivity index (χ1n) is 6.50. The van der Waals surface area contributed by atoms with E-state index in [-0.39, 0.29) is 0 Å². The summed E-state index contributed by atoms with van der Waals surface area (Å²) >= 11 is 1.61. The van der Waals surface area contributed by atoms with Crippen molar-refractivity contribution in [3.05, 3.63) is 18.2 Å². The molecule has 0 spiro atoms. The van der Waals surface area contributed by atoms with Gasteiger partial charge < -0.3 is 19.9 Å². The number of benzene rings is 1. The van der Waals surface area contributed by atoms with Crippen molar-refractivity contribution < 1.29 is 19.4 Å². The number of fused-ring (bicyclic) bond motifs is 1. The lowest BCUT2D eigenvalue weighted by molar-refractivity contribution is -0.144. The van der Waals surface area contributed by atoms with E-state index in [1.165, 1.54) is 0 Å². The maximum Gasteiger partial charge on any atom is 0.323 e. The van der Waals surface area contributed by atoms with E-state index in [1.807, 2.05) is 18.2 Å². The molecule has 0 amide bonds. The van der Waals surface area contributed by atoms with Gasteiger partial charge in [-0.05, 0) is 38.6 Å². The molecule has 20 heavy (non-hydrogen) atoms. The predicted octanol–water partition coefficient (Wildman–Crippen LogP) is 2.00. The monoisotopic (exact) mass is 297 g/mol. The van der Waals surface area contributed by atoms with Crippen LogP contribution in [0.1, 0.15) is 13.3 Å². The molecule has 110 valence electrons. The highest BCUT2D eigenvalue weighted by molar-refractivity contribution is 7.99. The average Bonchev–Trinajstić information content (AvgIpc) is 2.46. The van der Waals surface area contributed by atoms with Gasteiger partial charge in [0.25, 0.3) is 0 Å². The summed E-state index contributed by atoms with van der Waals surface area (Å²) in [5.74, 6) is 1.41. The van der Waals surface area contributed by atoms with Gasteiger partial charge in [-0.25, -0.2) is 0 Å². The van der Waals surface area contributed by atoms with Crippen molar-refractivity contribution in [2.24, 2.45) is 0 Å². The maximum atomic E-state index is 11.2. The minimum Gasteiger partial charge on any atom is -0.486 e. The molecule has 0 fully saturated rings. The Morgan fingerprint density at radius 1 is 1.40 bits per heavy atom. The Bertz CT molecular complexity index is 494. The van der Waals surface area contributed by atoms with E-state index in [2.05, 4.69) is 5.32 Å². The SMILES string of the molecule is CNC(C)(CCSc1ccc2c(c1)OCCO2)C(=O)O. The van der Waals surface area contributed by atoms with Crippen LogP contribution in [-0.4, -0.2) is 42.6 Å². The molecule has 6 heteroatoms. The van der Waals surface area contributed by atoms with Crippen LogP contribution in [0.25, 0.3) is 0 Å². The molecule has 1 aliphatic rings. The average molecular weight is 297 g/mol. The molecule has 1 heterocycles. The number of aliphatic carboxylic acids is 1. The van der Waals surface area contributed by atoms with Crippen LogP contribution in [0.3, 0.4) is 0 Å². The lowest BCUT2D eigenvalue weighted by Crippen LogP contribution is -2.47. The molecule has 0 aliphatic carbocycles. The zero-order valence-corrected chi connectivity index (χ0v) is 12.5. The smallest absolute Gasteiger partial charge is 0.323 e. The molecule has 1 atom stereocenters. The Labute approximate surface area is 122 Å². The van der Waals surface area contributed by atoms with Crippen molar-refractivity contribution in [3.8, 4) is 11.5 Å². The minimum atomic E-state index is -0.888. The van der Waals surface area contributed by atoms with Crippen molar-refractivity contribution in [1.29, 1.82) is 0 Å². The molecule has 0 aromatic heterocycles. The van der Waals surface area contributed by atoms with Crippen molar-refractivity contribution in [3.63, 3.8) is 0 Å². The first kappa shape index (κ1) is 15.0. The van der Waals surface area contributed by atoms with Crippen molar-refractivity contribution >= 4 is 17.7 Å². The molecule has 1 unspecified atom stereocenters. The number of thioether (sulfide) groups is 1. The third kappa shape index (κ3) is 3.37. The van der Waals surface area contributed by atoms with Crippen molar-refractivity contribution in [2.45, 2.75) is 23.8 Å². The number of rotatable bonds is 6. The molecule has 5 nitrogen and oxygen atoms in total. The van der Waals surface area contributed by atoms with Gasteiger partial charge in [0.15, 0.2) is 11.5 Å². The highest BCUT2D eigenvalue weighted by Gasteiger charge is 2.30. The topological polar surface area (TPSA) is 67.8 Å². The van der Waals surface area contributed by atoms with Crippen molar-refractivity contribution in [2.75, 3.05) is 26.0 Å². The second-order valence-electron chi connectivity index (χ2n) is 4.79. The van der Waals surface area contributed by atoms with E-state index >= 15 is 0 Å². The lowest BCUT2D eigenvalue weighted by atomic mass is 10.00. The van der Waals surface area contributed by atoms with E-state index in [9.17, 15) is 9.90 Å². The second-order valence-corrected chi connectivity index (χ2v) is 5.96. The number of carbonyl (C=O) groups is 1. The summed E-state index contributed by atoms with van der Waals surface area (Å²) in [5, 5.41) is 12.0. The van der Waals surface area contributed by atoms with Crippen LogP contribution in [-0.2, 0) is 4.79 Å². The largest absolute Gasteiger partial charge is 0.486 e. The highest BCUT2D eigenvalue weighted by atomic mass is 32.2. The van der Waals surface area contributed by atoms with E-state index in [0.717, 1.165) is 16.4 Å². The second kappa shape index (κ2) is 6.37. The van der Waals surface area contributed by atoms with E-state index in [4.69, 9.17) is 9.47 Å². The van der Waals surface area contributed by atoms with Gasteiger partial charge in [0.05, 0.1) is 0 Å². The van der Waals surface area contributed by atoms with E-state index in [1.54, 1.807) is 25.7 Å². The summed E-state index contributed by atoms with van der Waals surface area (Å²) in [6, 6.07) is 5.80. The van der Waals surface area contributed by atoms with Crippen LogP contribution in [0.4, 0.5) is 0 Å². The molecular formula is C14H19NO4S. The molecule has 2 rings (SSSR count). The number of hydrogen-bond acceptors (Lipinski definition) is 5. The molecule has 0 bridgehead atoms. The molecule has 0 radical (unpaired) electrons. The van der Waals surface area contributed by atoms with E-state index in [0.29, 0.717) is 25.4 Å². The van der Waals surface area contributed by atoms with Gasteiger partial charge >= 0.3 is 5.97 Å². The standard InChI is InChI=1S/C14H19NO4S/c1-14(15-2,13(16)17)5-8-20-10-3-4-11-12(9-10)19-7-6-18-11/h3-4,9,15H,5-8H2,1-2H3,(H,16,17). The van der Waals surface area contributed by atoms with Gasteiger partial charge in [0.1, 0.15) is 18.8 Å². The first-order valence-corrected chi connectivity index (χ1v) is 7.48. The summed E-state index contributed by atoms with van der Waals surface area (Å²) in [7, 11) is 1.67. The van der Waals surface area contributed by atoms with E-state index < -0.39 is 11.5 Å². The molecular weight excluding hydrogens is 278 g/mol. The highest BCUT2D eigenvalue weighted by Crippen LogP contribution is 2.34. The molecule has 0 saturated carbocycles. The fourth-order valence-electron chi connectivity index (χ4n) is 1.83. The van der Waals surface area contributed by atoms with Gasteiger partial charge in [0, 0.05) is 10.6 Å². The zero-order valence-electron chi connectivity index (χ0n) is 11.6. The van der Waals surface area contributed by atoms with Crippen LogP contribution in [0, 0.1) is 0 Å². The maximum absolute atomic E-state index is 11.2. The van der Waals surface area contributed by atoms with Gasteiger partial charge in [-0.3, -0.25) is 4.79 Å². The van der Waals surface area contributed by atoms with Gasteiger partial charge in [-0.15, -0.1) is 11.8 Å². The Kier molecular flexibility index (Phi) is 4.77. The fourth-order valence-corrected chi connectivity index (χ4v) is 2.93.